The summed E-state index contributed by atoms with van der Waals surface area (Å²) in [6.45, 7) is 1.31. The summed E-state index contributed by atoms with van der Waals surface area (Å²) in [7, 11) is -3.49. The van der Waals surface area contributed by atoms with Gasteiger partial charge < -0.3 is 15.7 Å². The van der Waals surface area contributed by atoms with Crippen molar-refractivity contribution in [3.8, 4) is 22.5 Å². The normalized spacial score (nSPS) is 21.0. The Kier molecular flexibility index (Phi) is 7.39. The van der Waals surface area contributed by atoms with Crippen LogP contribution >= 0.6 is 0 Å². The van der Waals surface area contributed by atoms with Crippen LogP contribution in [0.5, 0.6) is 0 Å². The first-order chi connectivity index (χ1) is 20.1. The molecule has 0 spiro atoms. The summed E-state index contributed by atoms with van der Waals surface area (Å²) in [5.41, 5.74) is 2.00. The first-order valence-electron chi connectivity index (χ1n) is 13.8. The van der Waals surface area contributed by atoms with Crippen LogP contribution in [0.3, 0.4) is 0 Å². The van der Waals surface area contributed by atoms with Gasteiger partial charge in [0.15, 0.2) is 0 Å². The Morgan fingerprint density at radius 2 is 1.90 bits per heavy atom. The molecule has 0 radical (unpaired) electrons. The van der Waals surface area contributed by atoms with Crippen molar-refractivity contribution in [2.75, 3.05) is 10.6 Å². The van der Waals surface area contributed by atoms with Crippen molar-refractivity contribution >= 4 is 27.5 Å². The van der Waals surface area contributed by atoms with E-state index >= 15 is 0 Å². The number of hydrogen-bond donors (Lipinski definition) is 3. The third-order valence-electron chi connectivity index (χ3n) is 7.51. The highest BCUT2D eigenvalue weighted by atomic mass is 32.2. The van der Waals surface area contributed by atoms with Crippen LogP contribution in [0.15, 0.2) is 49.2 Å². The van der Waals surface area contributed by atoms with Crippen molar-refractivity contribution in [2.24, 2.45) is 0 Å². The molecule has 2 aliphatic carbocycles. The number of anilines is 3. The molecule has 0 bridgehead atoms. The fourth-order valence-corrected chi connectivity index (χ4v) is 6.43. The Labute approximate surface area is 241 Å². The van der Waals surface area contributed by atoms with Crippen LogP contribution in [0.25, 0.3) is 22.5 Å². The zero-order valence-corrected chi connectivity index (χ0v) is 23.7. The Morgan fingerprint density at radius 1 is 1.12 bits per heavy atom. The van der Waals surface area contributed by atoms with Crippen molar-refractivity contribution < 1.29 is 22.3 Å². The second-order valence-corrected chi connectivity index (χ2v) is 13.2. The maximum absolute atomic E-state index is 12.9. The molecule has 12 nitrogen and oxygen atoms in total. The molecule has 0 atom stereocenters. The average Bonchev–Trinajstić information content (AvgIpc) is 3.52. The zero-order valence-electron chi connectivity index (χ0n) is 22.9. The van der Waals surface area contributed by atoms with Gasteiger partial charge in [0.05, 0.1) is 40.2 Å². The van der Waals surface area contributed by atoms with Gasteiger partial charge in [-0.2, -0.15) is 19.3 Å². The fourth-order valence-electron chi connectivity index (χ4n) is 4.96. The van der Waals surface area contributed by atoms with E-state index in [1.54, 1.807) is 30.6 Å². The van der Waals surface area contributed by atoms with Crippen LogP contribution in [0.4, 0.5) is 26.2 Å². The topological polar surface area (TPSA) is 153 Å². The molecule has 222 valence electrons. The summed E-state index contributed by atoms with van der Waals surface area (Å²) in [6, 6.07) is 5.16. The highest BCUT2D eigenvalue weighted by Crippen LogP contribution is 2.33. The standard InChI is InChI=1S/C27H31F2N9O3S/c1-27(39)8-4-18(5-9-27)33-25-21(22-7-11-37(36-22)16-24(28)29)14-31-26(35-25)34-19-6-10-30-23(12-19)17-13-32-38(15-17)42(40,41)20-2-3-20/h6-7,10-15,18,20,24,39H,2-5,8-9,16H2,1H3,(H2,30,31,33,34,35). The van der Waals surface area contributed by atoms with Gasteiger partial charge in [0.2, 0.25) is 5.95 Å². The van der Waals surface area contributed by atoms with Gasteiger partial charge >= 0.3 is 0 Å². The third-order valence-corrected chi connectivity index (χ3v) is 9.55. The lowest BCUT2D eigenvalue weighted by molar-refractivity contribution is 0.0196. The molecule has 0 unspecified atom stereocenters. The molecule has 2 aliphatic rings. The SMILES string of the molecule is CC1(O)CCC(Nc2nc(Nc3ccnc(-c4cnn(S(=O)(=O)C5CC5)c4)c3)ncc2-c2ccn(CC(F)F)n2)CC1. The predicted molar refractivity (Wildman–Crippen MR) is 152 cm³/mol. The summed E-state index contributed by atoms with van der Waals surface area (Å²) in [6.07, 6.45) is 9.08. The minimum absolute atomic E-state index is 0.0471. The molecule has 42 heavy (non-hydrogen) atoms. The number of nitrogens with zero attached hydrogens (tertiary/aromatic N) is 7. The molecule has 15 heteroatoms. The van der Waals surface area contributed by atoms with E-state index in [4.69, 9.17) is 4.98 Å². The maximum atomic E-state index is 12.9. The van der Waals surface area contributed by atoms with E-state index in [-0.39, 0.29) is 17.2 Å². The minimum Gasteiger partial charge on any atom is -0.390 e. The second-order valence-electron chi connectivity index (χ2n) is 11.1. The summed E-state index contributed by atoms with van der Waals surface area (Å²) in [4.78, 5) is 13.5. The van der Waals surface area contributed by atoms with Gasteiger partial charge in [0, 0.05) is 35.9 Å². The molecule has 0 aromatic carbocycles. The third kappa shape index (κ3) is 6.26. The summed E-state index contributed by atoms with van der Waals surface area (Å²) >= 11 is 0. The van der Waals surface area contributed by atoms with E-state index in [1.165, 1.54) is 23.3 Å². The van der Waals surface area contributed by atoms with Crippen LogP contribution in [0.1, 0.15) is 45.4 Å². The molecular formula is C27H31F2N9O3S. The van der Waals surface area contributed by atoms with E-state index in [0.717, 1.165) is 16.9 Å². The van der Waals surface area contributed by atoms with Crippen LogP contribution in [-0.4, -0.2) is 70.8 Å². The first kappa shape index (κ1) is 28.2. The number of alkyl halides is 2. The largest absolute Gasteiger partial charge is 0.390 e. The van der Waals surface area contributed by atoms with Crippen LogP contribution in [-0.2, 0) is 16.6 Å². The number of halogens is 2. The van der Waals surface area contributed by atoms with Gasteiger partial charge in [-0.1, -0.05) is 0 Å². The van der Waals surface area contributed by atoms with E-state index in [1.807, 2.05) is 6.92 Å². The number of pyridine rings is 1. The smallest absolute Gasteiger partial charge is 0.257 e. The van der Waals surface area contributed by atoms with Gasteiger partial charge in [0.25, 0.3) is 16.4 Å². The lowest BCUT2D eigenvalue weighted by atomic mass is 9.83. The van der Waals surface area contributed by atoms with Crippen molar-refractivity contribution in [2.45, 2.75) is 75.3 Å². The van der Waals surface area contributed by atoms with Gasteiger partial charge in [-0.3, -0.25) is 9.67 Å². The number of hydrogen-bond acceptors (Lipinski definition) is 10. The summed E-state index contributed by atoms with van der Waals surface area (Å²) in [5.74, 6) is 0.766. The summed E-state index contributed by atoms with van der Waals surface area (Å²) in [5, 5.41) is 24.9. The quantitative estimate of drug-likeness (QED) is 0.243. The lowest BCUT2D eigenvalue weighted by Gasteiger charge is -2.33. The molecule has 2 fully saturated rings. The van der Waals surface area contributed by atoms with E-state index < -0.39 is 28.6 Å². The van der Waals surface area contributed by atoms with Gasteiger partial charge in [-0.25, -0.2) is 22.2 Å². The monoisotopic (exact) mass is 599 g/mol. The second kappa shape index (κ2) is 11.0. The van der Waals surface area contributed by atoms with Crippen molar-refractivity contribution in [1.82, 2.24) is 33.9 Å². The minimum atomic E-state index is -3.49. The number of aliphatic hydroxyl groups is 1. The molecule has 3 N–H and O–H groups in total. The molecular weight excluding hydrogens is 568 g/mol. The number of nitrogens with one attached hydrogen (secondary N) is 2. The van der Waals surface area contributed by atoms with E-state index in [9.17, 15) is 22.3 Å². The maximum Gasteiger partial charge on any atom is 0.257 e. The molecule has 6 rings (SSSR count). The summed E-state index contributed by atoms with van der Waals surface area (Å²) < 4.78 is 53.1. The van der Waals surface area contributed by atoms with Crippen molar-refractivity contribution in [3.63, 3.8) is 0 Å². The molecule has 4 heterocycles. The first-order valence-corrected chi connectivity index (χ1v) is 15.3. The Balaban J connectivity index is 1.25. The van der Waals surface area contributed by atoms with Gasteiger partial charge in [-0.15, -0.1) is 0 Å². The van der Waals surface area contributed by atoms with Crippen molar-refractivity contribution in [3.05, 3.63) is 49.2 Å². The highest BCUT2D eigenvalue weighted by Gasteiger charge is 2.37. The van der Waals surface area contributed by atoms with Gasteiger partial charge in [-0.05, 0) is 63.6 Å². The zero-order chi connectivity index (χ0) is 29.5. The Bertz CT molecular complexity index is 1680. The molecule has 0 saturated heterocycles. The molecule has 0 aliphatic heterocycles. The fraction of sp³-hybridized carbons (Fsp3) is 0.444. The Hall–Kier alpha value is -3.98. The Morgan fingerprint density at radius 3 is 2.64 bits per heavy atom. The predicted octanol–water partition coefficient (Wildman–Crippen LogP) is 4.05. The van der Waals surface area contributed by atoms with Crippen LogP contribution < -0.4 is 10.6 Å². The molecule has 0 amide bonds. The van der Waals surface area contributed by atoms with Crippen molar-refractivity contribution in [1.29, 1.82) is 0 Å². The van der Waals surface area contributed by atoms with Gasteiger partial charge in [0.1, 0.15) is 12.4 Å². The van der Waals surface area contributed by atoms with E-state index in [0.29, 0.717) is 59.7 Å². The molecule has 4 aromatic heterocycles. The lowest BCUT2D eigenvalue weighted by Crippen LogP contribution is -2.36. The van der Waals surface area contributed by atoms with E-state index in [2.05, 4.69) is 30.8 Å². The molecule has 2 saturated carbocycles. The highest BCUT2D eigenvalue weighted by molar-refractivity contribution is 7.90. The number of rotatable bonds is 10. The number of aromatic nitrogens is 7. The molecule has 4 aromatic rings. The van der Waals surface area contributed by atoms with Crippen LogP contribution in [0.2, 0.25) is 0 Å². The van der Waals surface area contributed by atoms with Crippen LogP contribution in [0, 0.1) is 0 Å². The average molecular weight is 600 g/mol.